The van der Waals surface area contributed by atoms with E-state index in [9.17, 15) is 27.2 Å². The molecule has 0 spiro atoms. The lowest BCUT2D eigenvalue weighted by Gasteiger charge is -2.17. The fourth-order valence-corrected chi connectivity index (χ4v) is 2.03. The summed E-state index contributed by atoms with van der Waals surface area (Å²) in [5.41, 5.74) is -1.55. The standard InChI is InChI=1S/C15H12F4N4O2/c1-20-14(25)23-13(24)12(9-3-2-4-11(16)22-9)10-7-8(5-6-21-10)15(17,18)19/h2-7,12H,1H3,(H2,20,23,24,25). The van der Waals surface area contributed by atoms with Gasteiger partial charge in [-0.2, -0.15) is 17.6 Å². The Labute approximate surface area is 139 Å². The van der Waals surface area contributed by atoms with E-state index in [1.165, 1.54) is 19.2 Å². The predicted octanol–water partition coefficient (Wildman–Crippen LogP) is 2.22. The average molecular weight is 356 g/mol. The highest BCUT2D eigenvalue weighted by Gasteiger charge is 2.33. The van der Waals surface area contributed by atoms with Crippen molar-refractivity contribution in [2.24, 2.45) is 0 Å². The van der Waals surface area contributed by atoms with Crippen LogP contribution in [0.2, 0.25) is 0 Å². The molecular weight excluding hydrogens is 344 g/mol. The van der Waals surface area contributed by atoms with Crippen molar-refractivity contribution >= 4 is 11.9 Å². The van der Waals surface area contributed by atoms with E-state index < -0.39 is 35.5 Å². The van der Waals surface area contributed by atoms with Crippen molar-refractivity contribution in [3.8, 4) is 0 Å². The molecule has 0 aliphatic rings. The molecule has 0 bridgehead atoms. The predicted molar refractivity (Wildman–Crippen MR) is 77.9 cm³/mol. The molecule has 2 aromatic rings. The van der Waals surface area contributed by atoms with Crippen molar-refractivity contribution in [2.45, 2.75) is 12.1 Å². The second-order valence-electron chi connectivity index (χ2n) is 4.85. The average Bonchev–Trinajstić information content (AvgIpc) is 2.54. The van der Waals surface area contributed by atoms with Gasteiger partial charge in [0.1, 0.15) is 5.92 Å². The van der Waals surface area contributed by atoms with Crippen molar-refractivity contribution in [1.29, 1.82) is 0 Å². The summed E-state index contributed by atoms with van der Waals surface area (Å²) < 4.78 is 52.1. The van der Waals surface area contributed by atoms with Gasteiger partial charge in [0, 0.05) is 13.2 Å². The third kappa shape index (κ3) is 4.49. The Hall–Kier alpha value is -3.04. The number of alkyl halides is 3. The normalized spacial score (nSPS) is 12.4. The summed E-state index contributed by atoms with van der Waals surface area (Å²) in [6.45, 7) is 0. The zero-order chi connectivity index (χ0) is 18.6. The number of nitrogens with zero attached hydrogens (tertiary/aromatic N) is 2. The van der Waals surface area contributed by atoms with E-state index in [1.54, 1.807) is 0 Å². The Morgan fingerprint density at radius 3 is 2.48 bits per heavy atom. The van der Waals surface area contributed by atoms with E-state index in [0.29, 0.717) is 6.07 Å². The minimum Gasteiger partial charge on any atom is -0.341 e. The molecule has 0 aliphatic carbocycles. The number of halogens is 4. The van der Waals surface area contributed by atoms with Crippen LogP contribution in [0.15, 0.2) is 36.5 Å². The lowest BCUT2D eigenvalue weighted by atomic mass is 9.97. The van der Waals surface area contributed by atoms with Crippen LogP contribution in [0.3, 0.4) is 0 Å². The lowest BCUT2D eigenvalue weighted by Crippen LogP contribution is -2.40. The molecule has 2 aromatic heterocycles. The highest BCUT2D eigenvalue weighted by atomic mass is 19.4. The van der Waals surface area contributed by atoms with Crippen LogP contribution in [0.4, 0.5) is 22.4 Å². The second kappa shape index (κ2) is 7.24. The molecule has 3 amide bonds. The number of hydrogen-bond acceptors (Lipinski definition) is 4. The maximum Gasteiger partial charge on any atom is 0.416 e. The van der Waals surface area contributed by atoms with E-state index in [4.69, 9.17) is 0 Å². The Morgan fingerprint density at radius 1 is 1.16 bits per heavy atom. The monoisotopic (exact) mass is 356 g/mol. The van der Waals surface area contributed by atoms with Crippen molar-refractivity contribution in [1.82, 2.24) is 20.6 Å². The van der Waals surface area contributed by atoms with Gasteiger partial charge in [-0.1, -0.05) is 6.07 Å². The van der Waals surface area contributed by atoms with Gasteiger partial charge in [-0.05, 0) is 24.3 Å². The molecule has 0 aliphatic heterocycles. The first kappa shape index (κ1) is 18.3. The number of nitrogens with one attached hydrogen (secondary N) is 2. The molecule has 1 atom stereocenters. The van der Waals surface area contributed by atoms with Crippen LogP contribution in [0.25, 0.3) is 0 Å². The molecular formula is C15H12F4N4O2. The van der Waals surface area contributed by atoms with Gasteiger partial charge in [-0.15, -0.1) is 0 Å². The van der Waals surface area contributed by atoms with Crippen LogP contribution in [0.5, 0.6) is 0 Å². The van der Waals surface area contributed by atoms with Crippen molar-refractivity contribution < 1.29 is 27.2 Å². The summed E-state index contributed by atoms with van der Waals surface area (Å²) in [6, 6.07) is 4.01. The first-order valence-electron chi connectivity index (χ1n) is 6.90. The zero-order valence-electron chi connectivity index (χ0n) is 12.8. The van der Waals surface area contributed by atoms with Crippen molar-refractivity contribution in [2.75, 3.05) is 7.05 Å². The van der Waals surface area contributed by atoms with E-state index in [1.807, 2.05) is 5.32 Å². The Bertz CT molecular complexity index is 795. The summed E-state index contributed by atoms with van der Waals surface area (Å²) in [5.74, 6) is -3.43. The number of imide groups is 1. The van der Waals surface area contributed by atoms with Gasteiger partial charge in [0.05, 0.1) is 17.0 Å². The molecule has 132 valence electrons. The second-order valence-corrected chi connectivity index (χ2v) is 4.85. The number of pyridine rings is 2. The summed E-state index contributed by atoms with van der Waals surface area (Å²) in [4.78, 5) is 30.9. The van der Waals surface area contributed by atoms with Gasteiger partial charge in [0.2, 0.25) is 11.9 Å². The Kier molecular flexibility index (Phi) is 5.30. The highest BCUT2D eigenvalue weighted by Crippen LogP contribution is 2.31. The van der Waals surface area contributed by atoms with Crippen LogP contribution in [-0.4, -0.2) is 29.0 Å². The summed E-state index contributed by atoms with van der Waals surface area (Å²) in [6.07, 6.45) is -3.79. The molecule has 0 fully saturated rings. The first-order valence-corrected chi connectivity index (χ1v) is 6.90. The Morgan fingerprint density at radius 2 is 1.88 bits per heavy atom. The van der Waals surface area contributed by atoms with Crippen LogP contribution in [-0.2, 0) is 11.0 Å². The molecule has 2 heterocycles. The van der Waals surface area contributed by atoms with Gasteiger partial charge < -0.3 is 5.32 Å². The fraction of sp³-hybridized carbons (Fsp3) is 0.200. The molecule has 2 rings (SSSR count). The minimum atomic E-state index is -4.66. The number of carbonyl (C=O) groups excluding carboxylic acids is 2. The number of aromatic nitrogens is 2. The third-order valence-electron chi connectivity index (χ3n) is 3.16. The number of urea groups is 1. The highest BCUT2D eigenvalue weighted by molar-refractivity contribution is 5.98. The van der Waals surface area contributed by atoms with E-state index >= 15 is 0 Å². The summed E-state index contributed by atoms with van der Waals surface area (Å²) in [7, 11) is 1.25. The zero-order valence-corrected chi connectivity index (χ0v) is 12.8. The molecule has 0 saturated carbocycles. The van der Waals surface area contributed by atoms with Gasteiger partial charge >= 0.3 is 12.2 Å². The van der Waals surface area contributed by atoms with Gasteiger partial charge in [0.25, 0.3) is 0 Å². The van der Waals surface area contributed by atoms with Crippen molar-refractivity contribution in [3.63, 3.8) is 0 Å². The largest absolute Gasteiger partial charge is 0.416 e. The number of amides is 3. The van der Waals surface area contributed by atoms with E-state index in [2.05, 4.69) is 15.3 Å². The third-order valence-corrected chi connectivity index (χ3v) is 3.16. The van der Waals surface area contributed by atoms with Crippen molar-refractivity contribution in [3.05, 3.63) is 59.4 Å². The molecule has 1 unspecified atom stereocenters. The molecule has 0 radical (unpaired) electrons. The summed E-state index contributed by atoms with van der Waals surface area (Å²) >= 11 is 0. The molecule has 6 nitrogen and oxygen atoms in total. The minimum absolute atomic E-state index is 0.187. The molecule has 0 saturated heterocycles. The first-order chi connectivity index (χ1) is 11.7. The topological polar surface area (TPSA) is 84.0 Å². The van der Waals surface area contributed by atoms with Crippen LogP contribution in [0, 0.1) is 5.95 Å². The number of hydrogen-bond donors (Lipinski definition) is 2. The van der Waals surface area contributed by atoms with E-state index in [0.717, 1.165) is 18.3 Å². The molecule has 2 N–H and O–H groups in total. The van der Waals surface area contributed by atoms with Gasteiger partial charge in [-0.25, -0.2) is 9.78 Å². The maximum atomic E-state index is 13.4. The smallest absolute Gasteiger partial charge is 0.341 e. The summed E-state index contributed by atoms with van der Waals surface area (Å²) in [5, 5.41) is 4.07. The van der Waals surface area contributed by atoms with Gasteiger partial charge in [-0.3, -0.25) is 15.1 Å². The fourth-order valence-electron chi connectivity index (χ4n) is 2.03. The van der Waals surface area contributed by atoms with E-state index in [-0.39, 0.29) is 11.4 Å². The number of rotatable bonds is 3. The Balaban J connectivity index is 2.52. The number of carbonyl (C=O) groups is 2. The van der Waals surface area contributed by atoms with Crippen LogP contribution in [0.1, 0.15) is 22.9 Å². The molecule has 0 aromatic carbocycles. The quantitative estimate of drug-likeness (QED) is 0.653. The van der Waals surface area contributed by atoms with Crippen LogP contribution < -0.4 is 10.6 Å². The van der Waals surface area contributed by atoms with Gasteiger partial charge in [0.15, 0.2) is 0 Å². The molecule has 10 heteroatoms. The van der Waals surface area contributed by atoms with Crippen LogP contribution >= 0.6 is 0 Å². The molecule has 25 heavy (non-hydrogen) atoms. The lowest BCUT2D eigenvalue weighted by molar-refractivity contribution is -0.137. The maximum absolute atomic E-state index is 13.4. The SMILES string of the molecule is CNC(=O)NC(=O)C(c1cc(C(F)(F)F)ccn1)c1cccc(F)n1.